The van der Waals surface area contributed by atoms with Crippen LogP contribution in [0.3, 0.4) is 0 Å². The SMILES string of the molecule is CCCC(=O)c1cc2cc(OC)c(OC)cc2s1. The molecule has 1 aromatic heterocycles. The van der Waals surface area contributed by atoms with Crippen molar-refractivity contribution in [3.8, 4) is 11.5 Å². The highest BCUT2D eigenvalue weighted by Crippen LogP contribution is 2.36. The minimum atomic E-state index is 0.205. The lowest BCUT2D eigenvalue weighted by molar-refractivity contribution is 0.0985. The van der Waals surface area contributed by atoms with Crippen LogP contribution in [-0.4, -0.2) is 20.0 Å². The van der Waals surface area contributed by atoms with Crippen LogP contribution in [0.15, 0.2) is 18.2 Å². The summed E-state index contributed by atoms with van der Waals surface area (Å²) in [5.74, 6) is 1.59. The molecular weight excluding hydrogens is 248 g/mol. The predicted octanol–water partition coefficient (Wildman–Crippen LogP) is 3.90. The molecule has 0 radical (unpaired) electrons. The Labute approximate surface area is 110 Å². The van der Waals surface area contributed by atoms with Crippen LogP contribution < -0.4 is 9.47 Å². The van der Waals surface area contributed by atoms with E-state index in [0.29, 0.717) is 17.9 Å². The van der Waals surface area contributed by atoms with Crippen molar-refractivity contribution in [2.24, 2.45) is 0 Å². The molecule has 1 heterocycles. The molecule has 0 saturated heterocycles. The van der Waals surface area contributed by atoms with Gasteiger partial charge in [-0.05, 0) is 23.9 Å². The van der Waals surface area contributed by atoms with E-state index in [9.17, 15) is 4.79 Å². The molecule has 0 spiro atoms. The first kappa shape index (κ1) is 12.9. The number of hydrogen-bond donors (Lipinski definition) is 0. The van der Waals surface area contributed by atoms with E-state index in [0.717, 1.165) is 21.4 Å². The quantitative estimate of drug-likeness (QED) is 0.768. The third-order valence-corrected chi connectivity index (χ3v) is 3.91. The van der Waals surface area contributed by atoms with E-state index in [1.54, 1.807) is 14.2 Å². The van der Waals surface area contributed by atoms with Crippen LogP contribution >= 0.6 is 11.3 Å². The molecular formula is C14H16O3S. The van der Waals surface area contributed by atoms with Crippen LogP contribution in [0.25, 0.3) is 10.1 Å². The summed E-state index contributed by atoms with van der Waals surface area (Å²) >= 11 is 1.51. The van der Waals surface area contributed by atoms with E-state index in [4.69, 9.17) is 9.47 Å². The maximum Gasteiger partial charge on any atom is 0.172 e. The second-order valence-electron chi connectivity index (χ2n) is 4.03. The van der Waals surface area contributed by atoms with Crippen LogP contribution in [0.1, 0.15) is 29.4 Å². The first-order chi connectivity index (χ1) is 8.69. The zero-order chi connectivity index (χ0) is 13.1. The Morgan fingerprint density at radius 1 is 1.17 bits per heavy atom. The Morgan fingerprint density at radius 2 is 1.83 bits per heavy atom. The van der Waals surface area contributed by atoms with Gasteiger partial charge in [-0.1, -0.05) is 6.92 Å². The van der Waals surface area contributed by atoms with Crippen molar-refractivity contribution >= 4 is 27.2 Å². The fourth-order valence-corrected chi connectivity index (χ4v) is 2.89. The molecule has 2 aromatic rings. The summed E-state index contributed by atoms with van der Waals surface area (Å²) in [6.07, 6.45) is 1.47. The van der Waals surface area contributed by atoms with Crippen LogP contribution in [0.5, 0.6) is 11.5 Å². The van der Waals surface area contributed by atoms with E-state index in [1.807, 2.05) is 25.1 Å². The average Bonchev–Trinajstić information content (AvgIpc) is 2.80. The largest absolute Gasteiger partial charge is 0.493 e. The highest BCUT2D eigenvalue weighted by molar-refractivity contribution is 7.20. The summed E-state index contributed by atoms with van der Waals surface area (Å²) in [7, 11) is 3.22. The minimum absolute atomic E-state index is 0.205. The number of methoxy groups -OCH3 is 2. The molecule has 0 N–H and O–H groups in total. The number of hydrogen-bond acceptors (Lipinski definition) is 4. The van der Waals surface area contributed by atoms with Gasteiger partial charge in [0.1, 0.15) is 0 Å². The third kappa shape index (κ3) is 2.34. The highest BCUT2D eigenvalue weighted by atomic mass is 32.1. The lowest BCUT2D eigenvalue weighted by atomic mass is 10.2. The molecule has 0 aliphatic heterocycles. The van der Waals surface area contributed by atoms with E-state index in [1.165, 1.54) is 11.3 Å². The molecule has 0 aliphatic carbocycles. The van der Waals surface area contributed by atoms with Crippen molar-refractivity contribution < 1.29 is 14.3 Å². The van der Waals surface area contributed by atoms with Gasteiger partial charge in [0.25, 0.3) is 0 Å². The number of Topliss-reactive ketones (excluding diaryl/α,β-unsaturated/α-hetero) is 1. The van der Waals surface area contributed by atoms with Gasteiger partial charge in [-0.3, -0.25) is 4.79 Å². The van der Waals surface area contributed by atoms with Gasteiger partial charge < -0.3 is 9.47 Å². The third-order valence-electron chi connectivity index (χ3n) is 2.77. The van der Waals surface area contributed by atoms with Crippen molar-refractivity contribution in [1.29, 1.82) is 0 Å². The summed E-state index contributed by atoms with van der Waals surface area (Å²) in [5.41, 5.74) is 0. The van der Waals surface area contributed by atoms with Crippen molar-refractivity contribution in [3.63, 3.8) is 0 Å². The Balaban J connectivity index is 2.47. The van der Waals surface area contributed by atoms with Gasteiger partial charge in [0, 0.05) is 17.2 Å². The number of rotatable bonds is 5. The summed E-state index contributed by atoms with van der Waals surface area (Å²) in [5, 5.41) is 1.03. The molecule has 3 nitrogen and oxygen atoms in total. The molecule has 0 atom stereocenters. The molecule has 0 fully saturated rings. The second kappa shape index (κ2) is 5.40. The van der Waals surface area contributed by atoms with E-state index < -0.39 is 0 Å². The molecule has 0 amide bonds. The molecule has 0 unspecified atom stereocenters. The molecule has 1 aromatic carbocycles. The normalized spacial score (nSPS) is 10.6. The number of ketones is 1. The van der Waals surface area contributed by atoms with E-state index >= 15 is 0 Å². The number of thiophene rings is 1. The van der Waals surface area contributed by atoms with Crippen molar-refractivity contribution in [2.45, 2.75) is 19.8 Å². The summed E-state index contributed by atoms with van der Waals surface area (Å²) in [6, 6.07) is 5.76. The van der Waals surface area contributed by atoms with Crippen molar-refractivity contribution in [3.05, 3.63) is 23.1 Å². The lowest BCUT2D eigenvalue weighted by Crippen LogP contribution is -1.93. The molecule has 0 saturated carbocycles. The van der Waals surface area contributed by atoms with E-state index in [2.05, 4.69) is 0 Å². The van der Waals surface area contributed by atoms with E-state index in [-0.39, 0.29) is 5.78 Å². The smallest absolute Gasteiger partial charge is 0.172 e. The Hall–Kier alpha value is -1.55. The summed E-state index contributed by atoms with van der Waals surface area (Å²) < 4.78 is 11.6. The maximum atomic E-state index is 11.9. The van der Waals surface area contributed by atoms with Gasteiger partial charge >= 0.3 is 0 Å². The van der Waals surface area contributed by atoms with Crippen LogP contribution in [0.4, 0.5) is 0 Å². The second-order valence-corrected chi connectivity index (χ2v) is 5.11. The molecule has 0 bridgehead atoms. The van der Waals surface area contributed by atoms with Crippen molar-refractivity contribution in [1.82, 2.24) is 0 Å². The van der Waals surface area contributed by atoms with Gasteiger partial charge in [-0.2, -0.15) is 0 Å². The van der Waals surface area contributed by atoms with Gasteiger partial charge in [0.15, 0.2) is 17.3 Å². The Bertz CT molecular complexity index is 531. The highest BCUT2D eigenvalue weighted by Gasteiger charge is 2.12. The van der Waals surface area contributed by atoms with Crippen LogP contribution in [0, 0.1) is 0 Å². The molecule has 4 heteroatoms. The lowest BCUT2D eigenvalue weighted by Gasteiger charge is -2.06. The van der Waals surface area contributed by atoms with Gasteiger partial charge in [-0.25, -0.2) is 0 Å². The first-order valence-corrected chi connectivity index (χ1v) is 6.70. The van der Waals surface area contributed by atoms with Crippen LogP contribution in [0.2, 0.25) is 0 Å². The monoisotopic (exact) mass is 264 g/mol. The molecule has 2 rings (SSSR count). The van der Waals surface area contributed by atoms with Crippen LogP contribution in [-0.2, 0) is 0 Å². The molecule has 0 aliphatic rings. The predicted molar refractivity (Wildman–Crippen MR) is 74.2 cm³/mol. The maximum absolute atomic E-state index is 11.9. The number of ether oxygens (including phenoxy) is 2. The summed E-state index contributed by atoms with van der Waals surface area (Å²) in [6.45, 7) is 2.01. The number of carbonyl (C=O) groups is 1. The zero-order valence-electron chi connectivity index (χ0n) is 10.8. The zero-order valence-corrected chi connectivity index (χ0v) is 11.6. The number of carbonyl (C=O) groups excluding carboxylic acids is 1. The topological polar surface area (TPSA) is 35.5 Å². The fourth-order valence-electron chi connectivity index (χ4n) is 1.85. The van der Waals surface area contributed by atoms with Crippen molar-refractivity contribution in [2.75, 3.05) is 14.2 Å². The average molecular weight is 264 g/mol. The minimum Gasteiger partial charge on any atom is -0.493 e. The van der Waals surface area contributed by atoms with Gasteiger partial charge in [-0.15, -0.1) is 11.3 Å². The standard InChI is InChI=1S/C14H16O3S/c1-4-5-10(15)14-7-9-6-11(16-2)12(17-3)8-13(9)18-14/h6-8H,4-5H2,1-3H3. The van der Waals surface area contributed by atoms with Gasteiger partial charge in [0.2, 0.25) is 0 Å². The Morgan fingerprint density at radius 3 is 2.44 bits per heavy atom. The summed E-state index contributed by atoms with van der Waals surface area (Å²) in [4.78, 5) is 12.7. The van der Waals surface area contributed by atoms with Gasteiger partial charge in [0.05, 0.1) is 19.1 Å². The molecule has 96 valence electrons. The number of fused-ring (bicyclic) bond motifs is 1. The molecule has 18 heavy (non-hydrogen) atoms. The fraction of sp³-hybridized carbons (Fsp3) is 0.357. The first-order valence-electron chi connectivity index (χ1n) is 5.88. The Kier molecular flexibility index (Phi) is 3.87. The number of benzene rings is 1.